The van der Waals surface area contributed by atoms with Crippen LogP contribution in [0.5, 0.6) is 11.5 Å². The first-order valence-electron chi connectivity index (χ1n) is 5.10. The number of hydrogen-bond acceptors (Lipinski definition) is 3. The van der Waals surface area contributed by atoms with Gasteiger partial charge in [0.1, 0.15) is 5.75 Å². The van der Waals surface area contributed by atoms with Gasteiger partial charge < -0.3 is 9.84 Å². The quantitative estimate of drug-likeness (QED) is 0.690. The molecule has 1 aromatic heterocycles. The van der Waals surface area contributed by atoms with Crippen molar-refractivity contribution in [3.63, 3.8) is 0 Å². The van der Waals surface area contributed by atoms with Gasteiger partial charge in [-0.2, -0.15) is 22.5 Å². The van der Waals surface area contributed by atoms with Crippen molar-refractivity contribution in [1.29, 1.82) is 0 Å². The Balaban J connectivity index is 2.43. The second kappa shape index (κ2) is 5.23. The number of benzene rings is 1. The highest BCUT2D eigenvalue weighted by Crippen LogP contribution is 2.29. The molecular weight excluding hydrogens is 266 g/mol. The first kappa shape index (κ1) is 13.3. The molecular formula is C12H7F4NO2. The second-order valence-electron chi connectivity index (χ2n) is 3.56. The molecule has 19 heavy (non-hydrogen) atoms. The maximum absolute atomic E-state index is 13.3. The summed E-state index contributed by atoms with van der Waals surface area (Å²) in [4.78, 5) is 2.41. The Bertz CT molecular complexity index is 593. The Morgan fingerprint density at radius 3 is 2.26 bits per heavy atom. The van der Waals surface area contributed by atoms with E-state index in [-0.39, 0.29) is 12.4 Å². The molecule has 0 atom stereocenters. The van der Waals surface area contributed by atoms with Crippen LogP contribution in [-0.4, -0.2) is 10.1 Å². The first-order chi connectivity index (χ1) is 9.02. The summed E-state index contributed by atoms with van der Waals surface area (Å²) in [6, 6.07) is 5.57. The molecule has 2 rings (SSSR count). The average Bonchev–Trinajstić information content (AvgIpc) is 2.41. The third kappa shape index (κ3) is 2.65. The molecule has 1 N–H and O–H groups in total. The number of aliphatic hydroxyl groups is 1. The molecule has 0 amide bonds. The molecule has 2 aromatic rings. The molecule has 1 heterocycles. The second-order valence-corrected chi connectivity index (χ2v) is 3.56. The number of rotatable bonds is 3. The van der Waals surface area contributed by atoms with E-state index >= 15 is 0 Å². The minimum Gasteiger partial charge on any atom is -0.451 e. The minimum atomic E-state index is -1.80. The molecule has 0 aliphatic rings. The predicted molar refractivity (Wildman–Crippen MR) is 56.5 cm³/mol. The molecule has 1 aromatic carbocycles. The largest absolute Gasteiger partial charge is 0.451 e. The van der Waals surface area contributed by atoms with Gasteiger partial charge in [-0.25, -0.2) is 0 Å². The van der Waals surface area contributed by atoms with Gasteiger partial charge in [-0.05, 0) is 17.7 Å². The third-order valence-electron chi connectivity index (χ3n) is 2.26. The van der Waals surface area contributed by atoms with Crippen LogP contribution in [0.15, 0.2) is 24.3 Å². The zero-order valence-electron chi connectivity index (χ0n) is 9.33. The summed E-state index contributed by atoms with van der Waals surface area (Å²) in [7, 11) is 0. The molecule has 0 saturated carbocycles. The van der Waals surface area contributed by atoms with Crippen molar-refractivity contribution in [2.45, 2.75) is 6.61 Å². The van der Waals surface area contributed by atoms with Crippen molar-refractivity contribution in [2.24, 2.45) is 0 Å². The van der Waals surface area contributed by atoms with Crippen LogP contribution in [0.25, 0.3) is 0 Å². The van der Waals surface area contributed by atoms with Crippen LogP contribution in [0.4, 0.5) is 17.6 Å². The molecule has 0 aliphatic heterocycles. The lowest BCUT2D eigenvalue weighted by Crippen LogP contribution is -2.03. The van der Waals surface area contributed by atoms with E-state index < -0.39 is 29.3 Å². The monoisotopic (exact) mass is 273 g/mol. The summed E-state index contributed by atoms with van der Waals surface area (Å²) in [5.74, 6) is -8.35. The Morgan fingerprint density at radius 2 is 1.68 bits per heavy atom. The van der Waals surface area contributed by atoms with Gasteiger partial charge in [0.05, 0.1) is 6.61 Å². The fraction of sp³-hybridized carbons (Fsp3) is 0.0833. The van der Waals surface area contributed by atoms with E-state index in [1.807, 2.05) is 0 Å². The molecule has 100 valence electrons. The Labute approximate surface area is 105 Å². The van der Waals surface area contributed by atoms with Crippen molar-refractivity contribution >= 4 is 0 Å². The van der Waals surface area contributed by atoms with Crippen LogP contribution in [0, 0.1) is 23.5 Å². The van der Waals surface area contributed by atoms with Gasteiger partial charge in [0.25, 0.3) is 11.9 Å². The number of ether oxygens (including phenoxy) is 1. The topological polar surface area (TPSA) is 42.4 Å². The maximum Gasteiger partial charge on any atom is 0.255 e. The van der Waals surface area contributed by atoms with E-state index in [4.69, 9.17) is 9.84 Å². The normalized spacial score (nSPS) is 10.6. The molecule has 0 spiro atoms. The van der Waals surface area contributed by atoms with Gasteiger partial charge >= 0.3 is 0 Å². The zero-order chi connectivity index (χ0) is 14.0. The third-order valence-corrected chi connectivity index (χ3v) is 2.26. The van der Waals surface area contributed by atoms with Gasteiger partial charge in [0, 0.05) is 0 Å². The lowest BCUT2D eigenvalue weighted by Gasteiger charge is -2.09. The van der Waals surface area contributed by atoms with E-state index in [0.29, 0.717) is 5.56 Å². The predicted octanol–water partition coefficient (Wildman–Crippen LogP) is 2.92. The molecule has 7 heteroatoms. The van der Waals surface area contributed by atoms with Crippen LogP contribution in [0.3, 0.4) is 0 Å². The van der Waals surface area contributed by atoms with E-state index in [1.54, 1.807) is 0 Å². The summed E-state index contributed by atoms with van der Waals surface area (Å²) in [5.41, 5.74) is 0.410. The number of hydrogen-bond donors (Lipinski definition) is 1. The van der Waals surface area contributed by atoms with Crippen molar-refractivity contribution in [3.05, 3.63) is 53.4 Å². The summed E-state index contributed by atoms with van der Waals surface area (Å²) < 4.78 is 57.1. The minimum absolute atomic E-state index is 0.0747. The Hall–Kier alpha value is -2.15. The number of nitrogens with zero attached hydrogens (tertiary/aromatic N) is 1. The van der Waals surface area contributed by atoms with Gasteiger partial charge in [-0.15, -0.1) is 0 Å². The number of halogens is 4. The van der Waals surface area contributed by atoms with E-state index in [0.717, 1.165) is 0 Å². The van der Waals surface area contributed by atoms with Crippen molar-refractivity contribution in [3.8, 4) is 11.5 Å². The average molecular weight is 273 g/mol. The molecule has 0 aliphatic carbocycles. The molecule has 0 saturated heterocycles. The van der Waals surface area contributed by atoms with Crippen LogP contribution >= 0.6 is 0 Å². The molecule has 0 fully saturated rings. The Kier molecular flexibility index (Phi) is 3.66. The summed E-state index contributed by atoms with van der Waals surface area (Å²) >= 11 is 0. The summed E-state index contributed by atoms with van der Waals surface area (Å²) in [5, 5.41) is 8.89. The van der Waals surface area contributed by atoms with Crippen molar-refractivity contribution < 1.29 is 27.4 Å². The lowest BCUT2D eigenvalue weighted by molar-refractivity contribution is 0.281. The van der Waals surface area contributed by atoms with Gasteiger partial charge in [0.2, 0.25) is 17.4 Å². The fourth-order valence-corrected chi connectivity index (χ4v) is 1.38. The lowest BCUT2D eigenvalue weighted by atomic mass is 10.2. The van der Waals surface area contributed by atoms with Crippen LogP contribution < -0.4 is 4.74 Å². The van der Waals surface area contributed by atoms with Crippen molar-refractivity contribution in [2.75, 3.05) is 0 Å². The highest BCUT2D eigenvalue weighted by atomic mass is 19.2. The van der Waals surface area contributed by atoms with E-state index in [9.17, 15) is 17.6 Å². The van der Waals surface area contributed by atoms with Crippen LogP contribution in [0.2, 0.25) is 0 Å². The highest BCUT2D eigenvalue weighted by Gasteiger charge is 2.22. The molecule has 0 bridgehead atoms. The molecule has 0 unspecified atom stereocenters. The summed E-state index contributed by atoms with van der Waals surface area (Å²) in [6.45, 7) is -0.318. The Morgan fingerprint density at radius 1 is 1.05 bits per heavy atom. The highest BCUT2D eigenvalue weighted by molar-refractivity contribution is 5.34. The van der Waals surface area contributed by atoms with E-state index in [1.165, 1.54) is 24.3 Å². The SMILES string of the molecule is OCc1cccc(Oc2c(F)c(F)nc(F)c2F)c1. The fourth-order valence-electron chi connectivity index (χ4n) is 1.38. The van der Waals surface area contributed by atoms with Gasteiger partial charge in [-0.1, -0.05) is 12.1 Å². The number of pyridine rings is 1. The zero-order valence-corrected chi connectivity index (χ0v) is 9.33. The van der Waals surface area contributed by atoms with Gasteiger partial charge in [0.15, 0.2) is 0 Å². The van der Waals surface area contributed by atoms with Crippen LogP contribution in [-0.2, 0) is 6.61 Å². The van der Waals surface area contributed by atoms with Gasteiger partial charge in [-0.3, -0.25) is 0 Å². The van der Waals surface area contributed by atoms with Crippen molar-refractivity contribution in [1.82, 2.24) is 4.98 Å². The first-order valence-corrected chi connectivity index (χ1v) is 5.10. The number of aromatic nitrogens is 1. The van der Waals surface area contributed by atoms with E-state index in [2.05, 4.69) is 4.98 Å². The smallest absolute Gasteiger partial charge is 0.255 e. The molecule has 3 nitrogen and oxygen atoms in total. The molecule has 0 radical (unpaired) electrons. The number of aliphatic hydroxyl groups excluding tert-OH is 1. The maximum atomic E-state index is 13.3. The standard InChI is InChI=1S/C12H7F4NO2/c13-8-10(9(14)12(16)17-11(8)15)19-7-3-1-2-6(4-7)5-18/h1-4,18H,5H2. The summed E-state index contributed by atoms with van der Waals surface area (Å²) in [6.07, 6.45) is 0. The van der Waals surface area contributed by atoms with Crippen LogP contribution in [0.1, 0.15) is 5.56 Å².